The van der Waals surface area contributed by atoms with Crippen molar-refractivity contribution in [2.45, 2.75) is 38.3 Å². The number of carbonyl (C=O) groups is 1. The number of nitrogens with one attached hydrogen (secondary N) is 1. The van der Waals surface area contributed by atoms with Crippen molar-refractivity contribution in [2.75, 3.05) is 12.9 Å². The molecule has 1 aromatic heterocycles. The van der Waals surface area contributed by atoms with Crippen LogP contribution < -0.4 is 15.8 Å². The molecular formula is C16H21N3O6S. The van der Waals surface area contributed by atoms with Gasteiger partial charge in [0.15, 0.2) is 5.75 Å². The van der Waals surface area contributed by atoms with E-state index in [2.05, 4.69) is 25.2 Å². The molecule has 0 spiro atoms. The standard InChI is InChI=1S/C16H21N3O6S/c1-4-5-11(12-6-10(25-22)7-14(20)24-12)18-15(21)16(2)9-26-13(19-16)8-17-23-3/h6-8,11,22H,4-5,9H2,1-3H3,(H,18,21)/b17-8+/t11-,16+/m1/s1. The molecule has 2 N–H and O–H groups in total. The average Bonchev–Trinajstić information content (AvgIpc) is 3.01. The Bertz CT molecular complexity index is 763. The van der Waals surface area contributed by atoms with Gasteiger partial charge >= 0.3 is 5.63 Å². The molecule has 9 nitrogen and oxygen atoms in total. The van der Waals surface area contributed by atoms with Crippen LogP contribution in [-0.2, 0) is 9.63 Å². The summed E-state index contributed by atoms with van der Waals surface area (Å²) in [6.45, 7) is 3.66. The van der Waals surface area contributed by atoms with E-state index in [0.717, 1.165) is 12.5 Å². The van der Waals surface area contributed by atoms with Crippen LogP contribution in [-0.4, -0.2) is 40.8 Å². The van der Waals surface area contributed by atoms with E-state index in [-0.39, 0.29) is 17.4 Å². The van der Waals surface area contributed by atoms with Gasteiger partial charge in [-0.25, -0.2) is 10.1 Å². The Morgan fingerprint density at radius 3 is 3.04 bits per heavy atom. The Labute approximate surface area is 154 Å². The van der Waals surface area contributed by atoms with Crippen molar-refractivity contribution in [2.24, 2.45) is 10.1 Å². The van der Waals surface area contributed by atoms with E-state index in [1.165, 1.54) is 31.2 Å². The Morgan fingerprint density at radius 1 is 1.62 bits per heavy atom. The molecule has 2 heterocycles. The minimum absolute atomic E-state index is 0.0506. The van der Waals surface area contributed by atoms with Gasteiger partial charge in [0.05, 0.1) is 18.3 Å². The van der Waals surface area contributed by atoms with Gasteiger partial charge in [-0.15, -0.1) is 11.8 Å². The van der Waals surface area contributed by atoms with Crippen molar-refractivity contribution in [1.29, 1.82) is 0 Å². The summed E-state index contributed by atoms with van der Waals surface area (Å²) in [5, 5.41) is 15.9. The second kappa shape index (κ2) is 8.86. The monoisotopic (exact) mass is 383 g/mol. The summed E-state index contributed by atoms with van der Waals surface area (Å²) in [5.74, 6) is 0.302. The lowest BCUT2D eigenvalue weighted by Gasteiger charge is -2.24. The van der Waals surface area contributed by atoms with E-state index < -0.39 is 17.2 Å². The molecule has 2 rings (SSSR count). The molecule has 0 fully saturated rings. The Balaban J connectivity index is 2.21. The van der Waals surface area contributed by atoms with Crippen LogP contribution in [0.4, 0.5) is 0 Å². The zero-order chi connectivity index (χ0) is 19.2. The fourth-order valence-corrected chi connectivity index (χ4v) is 3.40. The molecule has 26 heavy (non-hydrogen) atoms. The molecule has 0 saturated heterocycles. The summed E-state index contributed by atoms with van der Waals surface area (Å²) < 4.78 is 5.17. The molecule has 0 aromatic carbocycles. The SMILES string of the molecule is CCC[C@@H](NC(=O)[C@]1(C)CSC(/C=N/OC)=N1)c1cc(OO)cc(=O)o1. The second-order valence-electron chi connectivity index (χ2n) is 5.85. The number of carbonyl (C=O) groups excluding carboxylic acids is 1. The average molecular weight is 383 g/mol. The topological polar surface area (TPSA) is 123 Å². The molecule has 0 unspecified atom stereocenters. The molecule has 2 atom stereocenters. The Morgan fingerprint density at radius 2 is 2.38 bits per heavy atom. The number of nitrogens with zero attached hydrogens (tertiary/aromatic N) is 2. The molecule has 0 radical (unpaired) electrons. The second-order valence-corrected chi connectivity index (χ2v) is 6.85. The van der Waals surface area contributed by atoms with Gasteiger partial charge in [-0.05, 0) is 13.3 Å². The predicted octanol–water partition coefficient (Wildman–Crippen LogP) is 1.99. The minimum atomic E-state index is -0.975. The van der Waals surface area contributed by atoms with E-state index in [1.807, 2.05) is 6.92 Å². The quantitative estimate of drug-likeness (QED) is 0.400. The van der Waals surface area contributed by atoms with Crippen LogP contribution in [0.25, 0.3) is 0 Å². The van der Waals surface area contributed by atoms with Crippen molar-refractivity contribution in [3.8, 4) is 5.75 Å². The maximum atomic E-state index is 12.8. The Kier molecular flexibility index (Phi) is 6.81. The molecule has 142 valence electrons. The highest BCUT2D eigenvalue weighted by Gasteiger charge is 2.39. The maximum absolute atomic E-state index is 12.8. The minimum Gasteiger partial charge on any atom is -0.425 e. The lowest BCUT2D eigenvalue weighted by molar-refractivity contribution is -0.138. The normalized spacial score (nSPS) is 20.7. The zero-order valence-corrected chi connectivity index (χ0v) is 15.5. The van der Waals surface area contributed by atoms with Gasteiger partial charge < -0.3 is 19.5 Å². The summed E-state index contributed by atoms with van der Waals surface area (Å²) in [4.78, 5) is 37.5. The van der Waals surface area contributed by atoms with Gasteiger partial charge in [0.1, 0.15) is 23.5 Å². The summed E-state index contributed by atoms with van der Waals surface area (Å²) in [7, 11) is 1.43. The number of rotatable bonds is 8. The molecule has 0 bridgehead atoms. The number of amides is 1. The summed E-state index contributed by atoms with van der Waals surface area (Å²) in [5.41, 5.74) is -1.66. The number of oxime groups is 1. The van der Waals surface area contributed by atoms with Crippen LogP contribution in [0.2, 0.25) is 0 Å². The largest absolute Gasteiger partial charge is 0.425 e. The van der Waals surface area contributed by atoms with Crippen LogP contribution in [0, 0.1) is 0 Å². The van der Waals surface area contributed by atoms with Crippen LogP contribution >= 0.6 is 11.8 Å². The number of hydrogen-bond donors (Lipinski definition) is 2. The van der Waals surface area contributed by atoms with Crippen LogP contribution in [0.1, 0.15) is 38.5 Å². The fraction of sp³-hybridized carbons (Fsp3) is 0.500. The van der Waals surface area contributed by atoms with Crippen molar-refractivity contribution in [3.63, 3.8) is 0 Å². The number of hydrogen-bond acceptors (Lipinski definition) is 9. The molecule has 1 aromatic rings. The summed E-state index contributed by atoms with van der Waals surface area (Å²) >= 11 is 1.40. The van der Waals surface area contributed by atoms with Gasteiger partial charge in [-0.2, -0.15) is 0 Å². The first kappa shape index (κ1) is 20.0. The summed E-state index contributed by atoms with van der Waals surface area (Å²) in [6.07, 6.45) is 2.72. The first-order valence-electron chi connectivity index (χ1n) is 7.98. The van der Waals surface area contributed by atoms with Crippen LogP contribution in [0.5, 0.6) is 5.75 Å². The van der Waals surface area contributed by atoms with Crippen molar-refractivity contribution in [1.82, 2.24) is 5.32 Å². The van der Waals surface area contributed by atoms with Crippen LogP contribution in [0.3, 0.4) is 0 Å². The van der Waals surface area contributed by atoms with Crippen molar-refractivity contribution < 1.29 is 24.2 Å². The van der Waals surface area contributed by atoms with Gasteiger partial charge in [-0.3, -0.25) is 9.79 Å². The molecular weight excluding hydrogens is 362 g/mol. The zero-order valence-electron chi connectivity index (χ0n) is 14.7. The summed E-state index contributed by atoms with van der Waals surface area (Å²) in [6, 6.07) is 1.83. The van der Waals surface area contributed by atoms with E-state index >= 15 is 0 Å². The molecule has 0 saturated carbocycles. The smallest absolute Gasteiger partial charge is 0.339 e. The third-order valence-corrected chi connectivity index (χ3v) is 4.91. The lowest BCUT2D eigenvalue weighted by atomic mass is 10.0. The Hall–Kier alpha value is -2.33. The molecule has 1 aliphatic heterocycles. The van der Waals surface area contributed by atoms with E-state index in [9.17, 15) is 9.59 Å². The number of thioether (sulfide) groups is 1. The van der Waals surface area contributed by atoms with Gasteiger partial charge in [0.25, 0.3) is 0 Å². The van der Waals surface area contributed by atoms with E-state index in [1.54, 1.807) is 6.92 Å². The highest BCUT2D eigenvalue weighted by molar-refractivity contribution is 8.15. The van der Waals surface area contributed by atoms with Gasteiger partial charge in [0, 0.05) is 11.8 Å². The molecule has 10 heteroatoms. The highest BCUT2D eigenvalue weighted by atomic mass is 32.2. The first-order valence-corrected chi connectivity index (χ1v) is 8.97. The molecule has 1 amide bonds. The first-order chi connectivity index (χ1) is 12.4. The third kappa shape index (κ3) is 4.85. The fourth-order valence-electron chi connectivity index (χ4n) is 2.39. The van der Waals surface area contributed by atoms with Crippen molar-refractivity contribution in [3.05, 3.63) is 28.3 Å². The third-order valence-electron chi connectivity index (χ3n) is 3.71. The van der Waals surface area contributed by atoms with Crippen LogP contribution in [0.15, 0.2) is 31.5 Å². The van der Waals surface area contributed by atoms with Gasteiger partial charge in [-0.1, -0.05) is 18.5 Å². The van der Waals surface area contributed by atoms with Gasteiger partial charge in [0.2, 0.25) is 5.91 Å². The number of aliphatic imine (C=N–C) groups is 1. The highest BCUT2D eigenvalue weighted by Crippen LogP contribution is 2.29. The van der Waals surface area contributed by atoms with E-state index in [0.29, 0.717) is 17.2 Å². The van der Waals surface area contributed by atoms with E-state index in [4.69, 9.17) is 9.67 Å². The lowest BCUT2D eigenvalue weighted by Crippen LogP contribution is -2.45. The molecule has 0 aliphatic carbocycles. The van der Waals surface area contributed by atoms with Crippen molar-refractivity contribution >= 4 is 28.9 Å². The molecule has 1 aliphatic rings. The predicted molar refractivity (Wildman–Crippen MR) is 97.8 cm³/mol. The maximum Gasteiger partial charge on any atom is 0.339 e.